The minimum Gasteiger partial charge on any atom is -0.362 e. The summed E-state index contributed by atoms with van der Waals surface area (Å²) >= 11 is 6.16. The molecule has 1 fully saturated rings. The van der Waals surface area contributed by atoms with E-state index in [2.05, 4.69) is 26.6 Å². The van der Waals surface area contributed by atoms with E-state index in [9.17, 15) is 27.6 Å². The molecule has 1 aliphatic rings. The summed E-state index contributed by atoms with van der Waals surface area (Å²) in [7, 11) is -3.89. The molecule has 4 amide bonds. The number of anilines is 1. The lowest BCUT2D eigenvalue weighted by Crippen LogP contribution is -2.55. The van der Waals surface area contributed by atoms with Gasteiger partial charge in [-0.25, -0.2) is 8.42 Å². The highest BCUT2D eigenvalue weighted by Crippen LogP contribution is 2.26. The van der Waals surface area contributed by atoms with Crippen molar-refractivity contribution in [3.05, 3.63) is 100 Å². The third-order valence-electron chi connectivity index (χ3n) is 8.75. The van der Waals surface area contributed by atoms with Gasteiger partial charge in [0, 0.05) is 35.3 Å². The topological polar surface area (TPSA) is 175 Å². The van der Waals surface area contributed by atoms with Crippen molar-refractivity contribution in [2.24, 2.45) is 5.92 Å². The molecule has 1 heterocycles. The van der Waals surface area contributed by atoms with E-state index in [1.807, 2.05) is 57.2 Å². The van der Waals surface area contributed by atoms with Crippen LogP contribution in [-0.4, -0.2) is 82.4 Å². The molecule has 15 heteroatoms. The fourth-order valence-electron chi connectivity index (χ4n) is 5.81. The average Bonchev–Trinajstić information content (AvgIpc) is 3.12. The number of rotatable bonds is 16. The molecule has 286 valence electrons. The van der Waals surface area contributed by atoms with Crippen LogP contribution in [-0.2, 0) is 30.8 Å². The second kappa shape index (κ2) is 19.0. The first-order valence-corrected chi connectivity index (χ1v) is 19.6. The molecule has 0 saturated carbocycles. The molecular weight excluding hydrogens is 720 g/mol. The van der Waals surface area contributed by atoms with E-state index in [0.717, 1.165) is 15.4 Å². The van der Waals surface area contributed by atoms with E-state index in [-0.39, 0.29) is 54.2 Å². The van der Waals surface area contributed by atoms with Crippen LogP contribution >= 0.6 is 11.6 Å². The third kappa shape index (κ3) is 11.7. The van der Waals surface area contributed by atoms with Gasteiger partial charge in [-0.1, -0.05) is 67.9 Å². The van der Waals surface area contributed by atoms with E-state index in [0.29, 0.717) is 18.0 Å². The van der Waals surface area contributed by atoms with E-state index >= 15 is 0 Å². The van der Waals surface area contributed by atoms with Gasteiger partial charge < -0.3 is 31.3 Å². The van der Waals surface area contributed by atoms with Crippen LogP contribution in [0.1, 0.15) is 72.5 Å². The summed E-state index contributed by atoms with van der Waals surface area (Å²) in [5.74, 6) is -2.38. The molecule has 0 aliphatic carbocycles. The molecule has 4 rings (SSSR count). The van der Waals surface area contributed by atoms with Gasteiger partial charge >= 0.3 is 0 Å². The number of halogens is 1. The highest BCUT2D eigenvalue weighted by Gasteiger charge is 2.30. The van der Waals surface area contributed by atoms with Gasteiger partial charge in [0.2, 0.25) is 11.8 Å². The van der Waals surface area contributed by atoms with Crippen molar-refractivity contribution in [3.63, 3.8) is 0 Å². The number of ether oxygens (including phenoxy) is 1. The van der Waals surface area contributed by atoms with Gasteiger partial charge in [-0.3, -0.25) is 23.5 Å². The molecule has 3 aromatic rings. The minimum atomic E-state index is -3.89. The number of sulfonamides is 1. The molecule has 0 radical (unpaired) electrons. The monoisotopic (exact) mass is 768 g/mol. The van der Waals surface area contributed by atoms with Crippen molar-refractivity contribution in [2.45, 2.75) is 65.2 Å². The number of likely N-dealkylation sites (N-methyl/N-ethyl adjacent to an activating group) is 1. The fraction of sp³-hybridized carbons (Fsp3) is 0.421. The summed E-state index contributed by atoms with van der Waals surface area (Å²) in [5.41, 5.74) is 1.99. The van der Waals surface area contributed by atoms with E-state index in [4.69, 9.17) is 16.3 Å². The second-order valence-corrected chi connectivity index (χ2v) is 15.6. The molecule has 0 spiro atoms. The predicted octanol–water partition coefficient (Wildman–Crippen LogP) is 3.55. The predicted molar refractivity (Wildman–Crippen MR) is 205 cm³/mol. The summed E-state index contributed by atoms with van der Waals surface area (Å²) in [6, 6.07) is 18.4. The smallest absolute Gasteiger partial charge is 0.259 e. The van der Waals surface area contributed by atoms with Gasteiger partial charge in [-0.05, 0) is 74.6 Å². The number of nitrogens with one attached hydrogen (secondary N) is 5. The SMILES string of the molecule is CCNC(=O)[C@@H](NC(=O)[C@H](C)NC[C@H](Cc1ccccc1)NC(=O)c1cc(C(=O)N[C@H](C)c2cccc(Cl)c2)cc(N2CCOCS2(=O)=O)c1)C(C)C. The Morgan fingerprint density at radius 2 is 1.53 bits per heavy atom. The largest absolute Gasteiger partial charge is 0.362 e. The fourth-order valence-corrected chi connectivity index (χ4v) is 7.25. The first-order valence-electron chi connectivity index (χ1n) is 17.6. The summed E-state index contributed by atoms with van der Waals surface area (Å²) in [6.07, 6.45) is 0.392. The minimum absolute atomic E-state index is 0.00561. The Balaban J connectivity index is 1.59. The standard InChI is InChI=1S/C38H49ClN6O7S/c1-6-40-38(49)34(24(2)3)44-35(46)26(5)41-22-32(17-27-11-8-7-9-12-27)43-37(48)30-18-29(20-33(21-30)45-15-16-52-23-53(45,50)51)36(47)42-25(4)28-13-10-14-31(39)19-28/h7-14,18-21,24-26,32,34,41H,6,15-17,22-23H2,1-5H3,(H,40,49)(H,42,47)(H,43,48)(H,44,46)/t25-,26+,32+,34+/m1/s1. The van der Waals surface area contributed by atoms with Gasteiger partial charge in [-0.2, -0.15) is 0 Å². The molecule has 1 saturated heterocycles. The highest BCUT2D eigenvalue weighted by molar-refractivity contribution is 7.92. The number of hydrogen-bond donors (Lipinski definition) is 5. The van der Waals surface area contributed by atoms with Crippen molar-refractivity contribution < 1.29 is 32.3 Å². The Bertz CT molecular complexity index is 1860. The highest BCUT2D eigenvalue weighted by atomic mass is 35.5. The molecule has 5 N–H and O–H groups in total. The van der Waals surface area contributed by atoms with Crippen molar-refractivity contribution >= 4 is 50.9 Å². The van der Waals surface area contributed by atoms with Crippen molar-refractivity contribution in [1.29, 1.82) is 0 Å². The average molecular weight is 769 g/mol. The van der Waals surface area contributed by atoms with E-state index in [1.54, 1.807) is 32.0 Å². The van der Waals surface area contributed by atoms with Gasteiger partial charge in [0.1, 0.15) is 6.04 Å². The Morgan fingerprint density at radius 3 is 2.15 bits per heavy atom. The lowest BCUT2D eigenvalue weighted by molar-refractivity contribution is -0.130. The molecule has 4 atom stereocenters. The maximum Gasteiger partial charge on any atom is 0.259 e. The number of hydrogen-bond acceptors (Lipinski definition) is 8. The number of amides is 4. The molecule has 53 heavy (non-hydrogen) atoms. The van der Waals surface area contributed by atoms with Crippen LogP contribution in [0.2, 0.25) is 5.02 Å². The van der Waals surface area contributed by atoms with Crippen LogP contribution in [0.4, 0.5) is 5.69 Å². The van der Waals surface area contributed by atoms with Crippen LogP contribution in [0, 0.1) is 5.92 Å². The lowest BCUT2D eigenvalue weighted by atomic mass is 10.0. The van der Waals surface area contributed by atoms with Crippen molar-refractivity contribution in [2.75, 3.05) is 36.5 Å². The number of carbonyl (C=O) groups is 4. The summed E-state index contributed by atoms with van der Waals surface area (Å²) < 4.78 is 32.4. The zero-order valence-electron chi connectivity index (χ0n) is 30.6. The van der Waals surface area contributed by atoms with Crippen LogP contribution in [0.3, 0.4) is 0 Å². The molecule has 3 aromatic carbocycles. The van der Waals surface area contributed by atoms with Gasteiger partial charge in [0.05, 0.1) is 30.9 Å². The normalized spacial score (nSPS) is 16.2. The Morgan fingerprint density at radius 1 is 0.849 bits per heavy atom. The Kier molecular flexibility index (Phi) is 14.8. The maximum atomic E-state index is 14.0. The number of carbonyl (C=O) groups excluding carboxylic acids is 4. The van der Waals surface area contributed by atoms with Crippen LogP contribution in [0.15, 0.2) is 72.8 Å². The van der Waals surface area contributed by atoms with Gasteiger partial charge in [0.25, 0.3) is 21.8 Å². The summed E-state index contributed by atoms with van der Waals surface area (Å²) in [4.78, 5) is 53.4. The third-order valence-corrected chi connectivity index (χ3v) is 10.5. The number of nitrogens with zero attached hydrogens (tertiary/aromatic N) is 1. The van der Waals surface area contributed by atoms with Gasteiger partial charge in [-0.15, -0.1) is 0 Å². The lowest BCUT2D eigenvalue weighted by Gasteiger charge is -2.29. The zero-order valence-corrected chi connectivity index (χ0v) is 32.2. The van der Waals surface area contributed by atoms with E-state index < -0.39 is 51.9 Å². The molecular formula is C38H49ClN6O7S. The van der Waals surface area contributed by atoms with Crippen LogP contribution < -0.4 is 30.9 Å². The quantitative estimate of drug-likeness (QED) is 0.147. The van der Waals surface area contributed by atoms with Crippen molar-refractivity contribution in [3.8, 4) is 0 Å². The first kappa shape index (κ1) is 41.3. The molecule has 1 aliphatic heterocycles. The molecule has 13 nitrogen and oxygen atoms in total. The Hall–Kier alpha value is -4.50. The van der Waals surface area contributed by atoms with Crippen molar-refractivity contribution in [1.82, 2.24) is 26.6 Å². The molecule has 0 bridgehead atoms. The Labute approximate surface area is 316 Å². The first-order chi connectivity index (χ1) is 25.2. The molecule has 0 unspecified atom stereocenters. The van der Waals surface area contributed by atoms with Crippen LogP contribution in [0.25, 0.3) is 0 Å². The number of benzene rings is 3. The summed E-state index contributed by atoms with van der Waals surface area (Å²) in [6.45, 7) is 9.72. The van der Waals surface area contributed by atoms with Gasteiger partial charge in [0.15, 0.2) is 5.94 Å². The second-order valence-electron chi connectivity index (χ2n) is 13.3. The molecule has 0 aromatic heterocycles. The summed E-state index contributed by atoms with van der Waals surface area (Å²) in [5, 5.41) is 15.2. The van der Waals surface area contributed by atoms with E-state index in [1.165, 1.54) is 18.2 Å². The zero-order chi connectivity index (χ0) is 38.7. The maximum absolute atomic E-state index is 14.0. The van der Waals surface area contributed by atoms with Crippen LogP contribution in [0.5, 0.6) is 0 Å².